The van der Waals surface area contributed by atoms with E-state index in [2.05, 4.69) is 17.3 Å². The molecule has 1 aliphatic heterocycles. The smallest absolute Gasteiger partial charge is 0.0593 e. The number of likely N-dealkylation sites (N-methyl/N-ethyl adjacent to an activating group) is 1. The summed E-state index contributed by atoms with van der Waals surface area (Å²) in [5, 5.41) is 3.69. The average molecular weight is 254 g/mol. The Labute approximate surface area is 112 Å². The molecule has 2 aliphatic rings. The highest BCUT2D eigenvalue weighted by atomic mass is 16.5. The van der Waals surface area contributed by atoms with Crippen LogP contribution in [0.5, 0.6) is 0 Å². The highest BCUT2D eigenvalue weighted by molar-refractivity contribution is 4.74. The summed E-state index contributed by atoms with van der Waals surface area (Å²) in [6.45, 7) is 5.35. The number of nitrogens with one attached hydrogen (secondary N) is 1. The Hall–Kier alpha value is -0.120. The zero-order valence-electron chi connectivity index (χ0n) is 12.0. The van der Waals surface area contributed by atoms with Crippen molar-refractivity contribution in [1.29, 1.82) is 0 Å². The highest BCUT2D eigenvalue weighted by Gasteiger charge is 2.21. The summed E-state index contributed by atoms with van der Waals surface area (Å²) in [4.78, 5) is 2.42. The predicted molar refractivity (Wildman–Crippen MR) is 75.9 cm³/mol. The summed E-state index contributed by atoms with van der Waals surface area (Å²) in [6, 6.07) is 0.693. The van der Waals surface area contributed by atoms with Crippen molar-refractivity contribution in [3.05, 3.63) is 0 Å². The Morgan fingerprint density at radius 3 is 2.78 bits per heavy atom. The molecule has 106 valence electrons. The molecule has 0 aromatic heterocycles. The molecule has 1 unspecified atom stereocenters. The molecule has 1 saturated carbocycles. The molecule has 0 aromatic rings. The Kier molecular flexibility index (Phi) is 6.46. The molecule has 2 rings (SSSR count). The predicted octanol–water partition coefficient (Wildman–Crippen LogP) is 2.27. The topological polar surface area (TPSA) is 24.5 Å². The molecule has 18 heavy (non-hydrogen) atoms. The van der Waals surface area contributed by atoms with Crippen molar-refractivity contribution in [2.24, 2.45) is 5.92 Å². The molecular formula is C15H30N2O. The second kappa shape index (κ2) is 8.13. The molecule has 3 heteroatoms. The number of nitrogens with zero attached hydrogens (tertiary/aromatic N) is 1. The van der Waals surface area contributed by atoms with E-state index in [9.17, 15) is 0 Å². The van der Waals surface area contributed by atoms with Crippen molar-refractivity contribution in [1.82, 2.24) is 10.2 Å². The van der Waals surface area contributed by atoms with Crippen molar-refractivity contribution in [3.8, 4) is 0 Å². The molecule has 0 aromatic carbocycles. The molecule has 0 spiro atoms. The van der Waals surface area contributed by atoms with Crippen LogP contribution in [0.25, 0.3) is 0 Å². The van der Waals surface area contributed by atoms with Gasteiger partial charge in [-0.15, -0.1) is 0 Å². The Morgan fingerprint density at radius 1 is 1.11 bits per heavy atom. The highest BCUT2D eigenvalue weighted by Crippen LogP contribution is 2.28. The number of ether oxygens (including phenoxy) is 1. The quantitative estimate of drug-likeness (QED) is 0.705. The molecule has 1 atom stereocenters. The first-order valence-electron chi connectivity index (χ1n) is 7.84. The molecule has 0 radical (unpaired) electrons. The Balaban J connectivity index is 1.51. The third-order valence-corrected chi connectivity index (χ3v) is 4.11. The van der Waals surface area contributed by atoms with Crippen molar-refractivity contribution < 1.29 is 4.74 Å². The van der Waals surface area contributed by atoms with Gasteiger partial charge in [0, 0.05) is 25.7 Å². The molecule has 1 aliphatic carbocycles. The van der Waals surface area contributed by atoms with Crippen molar-refractivity contribution in [2.75, 3.05) is 39.9 Å². The van der Waals surface area contributed by atoms with Crippen LogP contribution < -0.4 is 5.32 Å². The molecular weight excluding hydrogens is 224 g/mol. The van der Waals surface area contributed by atoms with Gasteiger partial charge in [0.15, 0.2) is 0 Å². The lowest BCUT2D eigenvalue weighted by Crippen LogP contribution is -2.41. The van der Waals surface area contributed by atoms with E-state index in [1.807, 2.05) is 0 Å². The first kappa shape index (κ1) is 14.3. The first-order chi connectivity index (χ1) is 8.84. The van der Waals surface area contributed by atoms with E-state index in [-0.39, 0.29) is 0 Å². The van der Waals surface area contributed by atoms with E-state index in [4.69, 9.17) is 4.74 Å². The second-order valence-corrected chi connectivity index (χ2v) is 6.13. The zero-order valence-corrected chi connectivity index (χ0v) is 12.0. The van der Waals surface area contributed by atoms with Gasteiger partial charge in [-0.1, -0.05) is 19.3 Å². The van der Waals surface area contributed by atoms with Gasteiger partial charge in [0.2, 0.25) is 0 Å². The zero-order chi connectivity index (χ0) is 12.6. The van der Waals surface area contributed by atoms with Gasteiger partial charge in [-0.2, -0.15) is 0 Å². The third-order valence-electron chi connectivity index (χ3n) is 4.11. The van der Waals surface area contributed by atoms with Crippen LogP contribution in [-0.2, 0) is 4.74 Å². The SMILES string of the molecule is CN(CCOCC1CC1)CC1CCCCCCN1. The monoisotopic (exact) mass is 254 g/mol. The second-order valence-electron chi connectivity index (χ2n) is 6.13. The summed E-state index contributed by atoms with van der Waals surface area (Å²) in [5.74, 6) is 0.891. The summed E-state index contributed by atoms with van der Waals surface area (Å²) in [5.41, 5.74) is 0. The van der Waals surface area contributed by atoms with Crippen LogP contribution in [0.3, 0.4) is 0 Å². The molecule has 2 fully saturated rings. The molecule has 1 heterocycles. The number of hydrogen-bond acceptors (Lipinski definition) is 3. The lowest BCUT2D eigenvalue weighted by molar-refractivity contribution is 0.100. The van der Waals surface area contributed by atoms with Gasteiger partial charge >= 0.3 is 0 Å². The van der Waals surface area contributed by atoms with E-state index < -0.39 is 0 Å². The van der Waals surface area contributed by atoms with Gasteiger partial charge in [-0.25, -0.2) is 0 Å². The summed E-state index contributed by atoms with van der Waals surface area (Å²) >= 11 is 0. The fourth-order valence-electron chi connectivity index (χ4n) is 2.66. The fourth-order valence-corrected chi connectivity index (χ4v) is 2.66. The van der Waals surface area contributed by atoms with Crippen molar-refractivity contribution >= 4 is 0 Å². The summed E-state index contributed by atoms with van der Waals surface area (Å²) in [6.07, 6.45) is 9.70. The fraction of sp³-hybridized carbons (Fsp3) is 1.00. The van der Waals surface area contributed by atoms with Crippen molar-refractivity contribution in [3.63, 3.8) is 0 Å². The third kappa shape index (κ3) is 6.17. The van der Waals surface area contributed by atoms with Crippen molar-refractivity contribution in [2.45, 2.75) is 51.0 Å². The van der Waals surface area contributed by atoms with Crippen LogP contribution in [0.2, 0.25) is 0 Å². The van der Waals surface area contributed by atoms with E-state index in [1.54, 1.807) is 0 Å². The van der Waals surface area contributed by atoms with Crippen LogP contribution in [0, 0.1) is 5.92 Å². The van der Waals surface area contributed by atoms with E-state index in [1.165, 1.54) is 58.0 Å². The van der Waals surface area contributed by atoms with Crippen LogP contribution in [0.15, 0.2) is 0 Å². The Morgan fingerprint density at radius 2 is 1.94 bits per heavy atom. The van der Waals surface area contributed by atoms with E-state index in [0.717, 1.165) is 25.7 Å². The normalized spacial score (nSPS) is 26.0. The molecule has 0 amide bonds. The van der Waals surface area contributed by atoms with Crippen LogP contribution >= 0.6 is 0 Å². The standard InChI is InChI=1S/C15H30N2O/c1-17(10-11-18-13-14-7-8-14)12-15-6-4-2-3-5-9-16-15/h14-16H,2-13H2,1H3. The minimum absolute atomic E-state index is 0.693. The minimum Gasteiger partial charge on any atom is -0.380 e. The van der Waals surface area contributed by atoms with Gasteiger partial charge in [-0.05, 0) is 45.2 Å². The van der Waals surface area contributed by atoms with Gasteiger partial charge in [0.05, 0.1) is 6.61 Å². The van der Waals surface area contributed by atoms with E-state index >= 15 is 0 Å². The maximum absolute atomic E-state index is 5.70. The maximum Gasteiger partial charge on any atom is 0.0593 e. The lowest BCUT2D eigenvalue weighted by atomic mass is 10.0. The van der Waals surface area contributed by atoms with Gasteiger partial charge in [0.25, 0.3) is 0 Å². The first-order valence-corrected chi connectivity index (χ1v) is 7.84. The van der Waals surface area contributed by atoms with Gasteiger partial charge in [-0.3, -0.25) is 0 Å². The molecule has 0 bridgehead atoms. The van der Waals surface area contributed by atoms with Crippen LogP contribution in [-0.4, -0.2) is 50.8 Å². The maximum atomic E-state index is 5.70. The largest absolute Gasteiger partial charge is 0.380 e. The molecule has 3 nitrogen and oxygen atoms in total. The minimum atomic E-state index is 0.693. The van der Waals surface area contributed by atoms with Crippen LogP contribution in [0.1, 0.15) is 44.9 Å². The molecule has 1 N–H and O–H groups in total. The molecule has 1 saturated heterocycles. The van der Waals surface area contributed by atoms with Gasteiger partial charge in [0.1, 0.15) is 0 Å². The number of hydrogen-bond donors (Lipinski definition) is 1. The summed E-state index contributed by atoms with van der Waals surface area (Å²) < 4.78 is 5.70. The number of rotatable bonds is 7. The summed E-state index contributed by atoms with van der Waals surface area (Å²) in [7, 11) is 2.22. The van der Waals surface area contributed by atoms with Crippen LogP contribution in [0.4, 0.5) is 0 Å². The van der Waals surface area contributed by atoms with Gasteiger partial charge < -0.3 is 15.0 Å². The van der Waals surface area contributed by atoms with E-state index in [0.29, 0.717) is 6.04 Å². The lowest BCUT2D eigenvalue weighted by Gasteiger charge is -2.26. The average Bonchev–Trinajstić information content (AvgIpc) is 3.12. The Bertz CT molecular complexity index is 211.